The van der Waals surface area contributed by atoms with Crippen molar-refractivity contribution in [2.45, 2.75) is 32.2 Å². The lowest BCUT2D eigenvalue weighted by Gasteiger charge is -2.34. The number of carbonyl (C=O) groups is 7. The zero-order chi connectivity index (χ0) is 42.5. The molecular formula is C37H44N14O8. The van der Waals surface area contributed by atoms with Gasteiger partial charge in [-0.1, -0.05) is 0 Å². The molecule has 1 fully saturated rings. The summed E-state index contributed by atoms with van der Waals surface area (Å²) in [5.74, 6) is -2.96. The number of anilines is 4. The van der Waals surface area contributed by atoms with Crippen LogP contribution in [-0.2, 0) is 49.6 Å². The second-order valence-electron chi connectivity index (χ2n) is 13.9. The van der Waals surface area contributed by atoms with E-state index < -0.39 is 35.5 Å². The van der Waals surface area contributed by atoms with E-state index in [0.29, 0.717) is 24.2 Å². The number of hydrogen-bond acceptors (Lipinski definition) is 11. The van der Waals surface area contributed by atoms with E-state index in [1.54, 1.807) is 74.5 Å². The van der Waals surface area contributed by atoms with Gasteiger partial charge in [0.25, 0.3) is 23.6 Å². The number of aryl methyl sites for hydroxylation is 5. The van der Waals surface area contributed by atoms with Gasteiger partial charge in [0.05, 0.1) is 18.0 Å². The lowest BCUT2D eigenvalue weighted by molar-refractivity contribution is -0.123. The molecule has 59 heavy (non-hydrogen) atoms. The van der Waals surface area contributed by atoms with Gasteiger partial charge < -0.3 is 59.5 Å². The molecule has 22 nitrogen and oxygen atoms in total. The molecule has 5 heterocycles. The fraction of sp³-hybridized carbons (Fsp3) is 0.351. The molecule has 0 atom stereocenters. The highest BCUT2D eigenvalue weighted by atomic mass is 16.5. The maximum Gasteiger partial charge on any atom is 0.374 e. The van der Waals surface area contributed by atoms with Gasteiger partial charge in [0, 0.05) is 97.3 Å². The van der Waals surface area contributed by atoms with Gasteiger partial charge >= 0.3 is 5.97 Å². The first-order chi connectivity index (χ1) is 28.1. The Morgan fingerprint density at radius 3 is 1.86 bits per heavy atom. The quantitative estimate of drug-likeness (QED) is 0.0817. The van der Waals surface area contributed by atoms with Crippen LogP contribution in [0, 0.1) is 5.92 Å². The van der Waals surface area contributed by atoms with Crippen molar-refractivity contribution in [1.29, 1.82) is 0 Å². The first kappa shape index (κ1) is 41.1. The summed E-state index contributed by atoms with van der Waals surface area (Å²) in [5, 5.41) is 16.3. The Balaban J connectivity index is 0.931. The molecule has 6 amide bonds. The Labute approximate surface area is 336 Å². The number of aromatic nitrogens is 8. The van der Waals surface area contributed by atoms with Crippen LogP contribution in [0.5, 0.6) is 0 Å². The summed E-state index contributed by atoms with van der Waals surface area (Å²) in [5.41, 5.74) is 1.26. The van der Waals surface area contributed by atoms with E-state index >= 15 is 0 Å². The molecule has 0 aliphatic heterocycles. The van der Waals surface area contributed by atoms with Crippen molar-refractivity contribution in [1.82, 2.24) is 48.4 Å². The van der Waals surface area contributed by atoms with E-state index in [-0.39, 0.29) is 77.9 Å². The Hall–Kier alpha value is -7.52. The summed E-state index contributed by atoms with van der Waals surface area (Å²) in [6.45, 7) is 1.88. The summed E-state index contributed by atoms with van der Waals surface area (Å²) in [6, 6.07) is 2.76. The molecule has 5 aromatic heterocycles. The number of amides is 6. The molecule has 0 bridgehead atoms. The minimum atomic E-state index is -0.595. The molecule has 0 unspecified atom stereocenters. The van der Waals surface area contributed by atoms with Crippen LogP contribution < -0.4 is 31.9 Å². The molecule has 1 aliphatic rings. The highest BCUT2D eigenvalue weighted by Crippen LogP contribution is 2.29. The van der Waals surface area contributed by atoms with Crippen LogP contribution in [0.3, 0.4) is 0 Å². The number of rotatable bonds is 15. The standard InChI is InChI=1S/C37H44N14O8/c1-7-59-37(58)31-45-27(19-51(31)6)46-32(53)20-12-21(13-20)40-34(55)25-15-23(17-49(25)4)42-36(57)30-44-26(18-50(30)5)43-28(52)8-9-39-33(54)24-14-22(16-48(24)3)41-35(56)29-38-10-11-47(29)2/h10-11,14-21H,7-9,12-13H2,1-6H3,(H,39,54)(H,40,55)(H,41,56)(H,42,57)(H,43,52)(H,46,53)/t20-,21-. The molecule has 5 aromatic rings. The molecule has 22 heteroatoms. The number of esters is 1. The van der Waals surface area contributed by atoms with Crippen LogP contribution in [0.4, 0.5) is 23.0 Å². The lowest BCUT2D eigenvalue weighted by atomic mass is 9.79. The summed E-state index contributed by atoms with van der Waals surface area (Å²) >= 11 is 0. The van der Waals surface area contributed by atoms with Crippen molar-refractivity contribution in [2.24, 2.45) is 41.2 Å². The number of carbonyl (C=O) groups excluding carboxylic acids is 7. The third-order valence-corrected chi connectivity index (χ3v) is 9.43. The fourth-order valence-corrected chi connectivity index (χ4v) is 6.35. The third-order valence-electron chi connectivity index (χ3n) is 9.43. The molecule has 6 rings (SSSR count). The van der Waals surface area contributed by atoms with Crippen molar-refractivity contribution >= 4 is 64.4 Å². The van der Waals surface area contributed by atoms with Crippen molar-refractivity contribution in [3.8, 4) is 0 Å². The molecule has 310 valence electrons. The first-order valence-electron chi connectivity index (χ1n) is 18.5. The average molecular weight is 813 g/mol. The second kappa shape index (κ2) is 17.3. The summed E-state index contributed by atoms with van der Waals surface area (Å²) in [7, 11) is 8.19. The Morgan fingerprint density at radius 1 is 0.678 bits per heavy atom. The third kappa shape index (κ3) is 9.55. The van der Waals surface area contributed by atoms with Gasteiger partial charge in [0.2, 0.25) is 23.5 Å². The maximum absolute atomic E-state index is 13.2. The summed E-state index contributed by atoms with van der Waals surface area (Å²) in [4.78, 5) is 101. The molecular weight excluding hydrogens is 768 g/mol. The summed E-state index contributed by atoms with van der Waals surface area (Å²) < 4.78 is 12.5. The molecule has 1 saturated carbocycles. The van der Waals surface area contributed by atoms with E-state index in [1.165, 1.54) is 39.9 Å². The van der Waals surface area contributed by atoms with Crippen molar-refractivity contribution in [3.63, 3.8) is 0 Å². The van der Waals surface area contributed by atoms with Crippen molar-refractivity contribution in [3.05, 3.63) is 78.2 Å². The molecule has 1 aliphatic carbocycles. The van der Waals surface area contributed by atoms with Gasteiger partial charge in [0.15, 0.2) is 17.5 Å². The van der Waals surface area contributed by atoms with Gasteiger partial charge in [-0.15, -0.1) is 0 Å². The fourth-order valence-electron chi connectivity index (χ4n) is 6.35. The molecule has 0 radical (unpaired) electrons. The van der Waals surface area contributed by atoms with E-state index in [2.05, 4.69) is 46.9 Å². The van der Waals surface area contributed by atoms with Gasteiger partial charge in [-0.3, -0.25) is 28.8 Å². The van der Waals surface area contributed by atoms with Gasteiger partial charge in [-0.05, 0) is 31.9 Å². The van der Waals surface area contributed by atoms with Crippen LogP contribution in [0.1, 0.15) is 79.0 Å². The smallest absolute Gasteiger partial charge is 0.374 e. The van der Waals surface area contributed by atoms with Gasteiger partial charge in [-0.25, -0.2) is 19.7 Å². The molecule has 6 N–H and O–H groups in total. The Morgan fingerprint density at radius 2 is 1.25 bits per heavy atom. The topological polar surface area (TPSA) is 264 Å². The normalized spacial score (nSPS) is 14.5. The maximum atomic E-state index is 13.2. The Bertz CT molecular complexity index is 2440. The molecule has 0 aromatic carbocycles. The highest BCUT2D eigenvalue weighted by molar-refractivity contribution is 6.04. The predicted octanol–water partition coefficient (Wildman–Crippen LogP) is 1.15. The molecule has 0 spiro atoms. The number of imidazole rings is 3. The van der Waals surface area contributed by atoms with Crippen LogP contribution >= 0.6 is 0 Å². The number of ether oxygens (including phenoxy) is 1. The molecule has 0 saturated heterocycles. The van der Waals surface area contributed by atoms with Crippen LogP contribution in [0.2, 0.25) is 0 Å². The number of nitrogens with one attached hydrogen (secondary N) is 6. The van der Waals surface area contributed by atoms with Gasteiger partial charge in [0.1, 0.15) is 11.4 Å². The van der Waals surface area contributed by atoms with E-state index in [4.69, 9.17) is 4.74 Å². The summed E-state index contributed by atoms with van der Waals surface area (Å²) in [6.07, 6.45) is 9.99. The number of hydrogen-bond donors (Lipinski definition) is 6. The van der Waals surface area contributed by atoms with Crippen LogP contribution in [0.15, 0.2) is 49.3 Å². The minimum absolute atomic E-state index is 0.00194. The van der Waals surface area contributed by atoms with E-state index in [9.17, 15) is 33.6 Å². The van der Waals surface area contributed by atoms with Crippen LogP contribution in [0.25, 0.3) is 0 Å². The van der Waals surface area contributed by atoms with Gasteiger partial charge in [-0.2, -0.15) is 0 Å². The average Bonchev–Trinajstić information content (AvgIpc) is 3.98. The monoisotopic (exact) mass is 812 g/mol. The van der Waals surface area contributed by atoms with Crippen molar-refractivity contribution in [2.75, 3.05) is 34.4 Å². The predicted molar refractivity (Wildman–Crippen MR) is 211 cm³/mol. The first-order valence-corrected chi connectivity index (χ1v) is 18.5. The lowest BCUT2D eigenvalue weighted by Crippen LogP contribution is -2.48. The largest absolute Gasteiger partial charge is 0.460 e. The zero-order valence-electron chi connectivity index (χ0n) is 33.2. The zero-order valence-corrected chi connectivity index (χ0v) is 33.2. The second-order valence-corrected chi connectivity index (χ2v) is 13.9. The highest BCUT2D eigenvalue weighted by Gasteiger charge is 2.36. The van der Waals surface area contributed by atoms with E-state index in [1.807, 2.05) is 0 Å². The number of nitrogens with zero attached hydrogens (tertiary/aromatic N) is 8. The SMILES string of the molecule is CCOC(=O)c1nc(NC(=O)[C@H]2C[C@H](NC(=O)c3cc(NC(=O)c4nc(NC(=O)CCNC(=O)c5cc(NC(=O)c6nccn6C)cn5C)cn4C)cn3C)C2)cn1C. The van der Waals surface area contributed by atoms with E-state index in [0.717, 1.165) is 0 Å². The van der Waals surface area contributed by atoms with Crippen LogP contribution in [-0.4, -0.2) is 98.4 Å². The Kier molecular flexibility index (Phi) is 12.1. The van der Waals surface area contributed by atoms with Crippen molar-refractivity contribution < 1.29 is 38.3 Å². The minimum Gasteiger partial charge on any atom is -0.460 e.